The van der Waals surface area contributed by atoms with E-state index in [1.165, 1.54) is 0 Å². The lowest BCUT2D eigenvalue weighted by Crippen LogP contribution is -1.97. The highest BCUT2D eigenvalue weighted by molar-refractivity contribution is 6.11. The van der Waals surface area contributed by atoms with Crippen molar-refractivity contribution in [2.45, 2.75) is 0 Å². The third-order valence-electron chi connectivity index (χ3n) is 3.95. The summed E-state index contributed by atoms with van der Waals surface area (Å²) in [5.41, 5.74) is 1.40. The Morgan fingerprint density at radius 1 is 1.20 bits per heavy atom. The number of methoxy groups -OCH3 is 1. The number of benzene rings is 1. The number of rotatable bonds is 4. The van der Waals surface area contributed by atoms with Gasteiger partial charge >= 0.3 is 5.97 Å². The van der Waals surface area contributed by atoms with Crippen LogP contribution in [0, 0.1) is 0 Å². The molecule has 0 fully saturated rings. The first-order chi connectivity index (χ1) is 12.2. The molecule has 7 nitrogen and oxygen atoms in total. The van der Waals surface area contributed by atoms with Gasteiger partial charge in [0.25, 0.3) is 0 Å². The molecule has 0 aliphatic rings. The fourth-order valence-corrected chi connectivity index (χ4v) is 2.78. The van der Waals surface area contributed by atoms with Crippen molar-refractivity contribution in [1.29, 1.82) is 0 Å². The van der Waals surface area contributed by atoms with Crippen molar-refractivity contribution < 1.29 is 14.6 Å². The van der Waals surface area contributed by atoms with Crippen molar-refractivity contribution in [3.05, 3.63) is 54.5 Å². The van der Waals surface area contributed by atoms with Gasteiger partial charge in [0.2, 0.25) is 0 Å². The predicted molar refractivity (Wildman–Crippen MR) is 94.6 cm³/mol. The number of aromatic amines is 1. The van der Waals surface area contributed by atoms with E-state index in [9.17, 15) is 9.90 Å². The number of nitrogens with zero attached hydrogens (tertiary/aromatic N) is 2. The van der Waals surface area contributed by atoms with Crippen LogP contribution in [0.4, 0.5) is 11.5 Å². The molecular formula is C18H14N4O3. The Hall–Kier alpha value is -3.61. The van der Waals surface area contributed by atoms with Crippen molar-refractivity contribution in [3.63, 3.8) is 0 Å². The van der Waals surface area contributed by atoms with Crippen LogP contribution in [0.5, 0.6) is 5.75 Å². The number of ether oxygens (including phenoxy) is 1. The Bertz CT molecular complexity index is 1100. The number of hydrogen-bond donors (Lipinski definition) is 3. The van der Waals surface area contributed by atoms with Gasteiger partial charge in [0.15, 0.2) is 0 Å². The molecule has 0 saturated heterocycles. The lowest BCUT2D eigenvalue weighted by atomic mass is 10.1. The van der Waals surface area contributed by atoms with E-state index >= 15 is 0 Å². The van der Waals surface area contributed by atoms with Crippen LogP contribution in [0.25, 0.3) is 21.8 Å². The number of hydrogen-bond acceptors (Lipinski definition) is 5. The lowest BCUT2D eigenvalue weighted by molar-refractivity contribution is 0.0691. The molecule has 0 aliphatic heterocycles. The minimum atomic E-state index is -1.03. The molecule has 0 aliphatic carbocycles. The summed E-state index contributed by atoms with van der Waals surface area (Å²) < 4.78 is 5.24. The van der Waals surface area contributed by atoms with E-state index in [0.717, 1.165) is 27.6 Å². The molecule has 7 heteroatoms. The van der Waals surface area contributed by atoms with E-state index in [1.807, 2.05) is 30.3 Å². The Morgan fingerprint density at radius 3 is 2.88 bits per heavy atom. The van der Waals surface area contributed by atoms with Crippen LogP contribution >= 0.6 is 0 Å². The van der Waals surface area contributed by atoms with Crippen molar-refractivity contribution in [2.24, 2.45) is 0 Å². The smallest absolute Gasteiger partial charge is 0.352 e. The molecule has 0 unspecified atom stereocenters. The maximum absolute atomic E-state index is 11.3. The second-order valence-electron chi connectivity index (χ2n) is 5.49. The molecule has 0 bridgehead atoms. The van der Waals surface area contributed by atoms with Crippen LogP contribution in [-0.2, 0) is 0 Å². The van der Waals surface area contributed by atoms with E-state index in [0.29, 0.717) is 11.5 Å². The normalized spacial score (nSPS) is 10.9. The summed E-state index contributed by atoms with van der Waals surface area (Å²) in [7, 11) is 1.61. The van der Waals surface area contributed by atoms with Crippen molar-refractivity contribution >= 4 is 39.3 Å². The summed E-state index contributed by atoms with van der Waals surface area (Å²) in [5.74, 6) is 0.284. The standard InChI is InChI=1S/C18H14N4O3/c1-25-11-4-2-3-10(7-11)20-17-14-9-19-6-5-12(14)13-8-15(18(23)24)21-16(13)22-17/h2-9H,1H3,(H,23,24)(H2,20,21,22). The van der Waals surface area contributed by atoms with Gasteiger partial charge < -0.3 is 20.1 Å². The molecule has 0 spiro atoms. The van der Waals surface area contributed by atoms with Crippen LogP contribution in [0.15, 0.2) is 48.8 Å². The van der Waals surface area contributed by atoms with E-state index < -0.39 is 5.97 Å². The SMILES string of the molecule is COc1cccc(Nc2nc3[nH]c(C(=O)O)cc3c3ccncc23)c1. The second kappa shape index (κ2) is 5.79. The molecule has 0 atom stereocenters. The molecule has 3 heterocycles. The Labute approximate surface area is 142 Å². The fourth-order valence-electron chi connectivity index (χ4n) is 2.78. The fraction of sp³-hybridized carbons (Fsp3) is 0.0556. The van der Waals surface area contributed by atoms with Gasteiger partial charge in [-0.2, -0.15) is 0 Å². The first kappa shape index (κ1) is 14.9. The number of fused-ring (bicyclic) bond motifs is 3. The molecule has 0 amide bonds. The van der Waals surface area contributed by atoms with Crippen molar-refractivity contribution in [1.82, 2.24) is 15.0 Å². The molecular weight excluding hydrogens is 320 g/mol. The van der Waals surface area contributed by atoms with Gasteiger partial charge in [-0.3, -0.25) is 4.98 Å². The van der Waals surface area contributed by atoms with Gasteiger partial charge in [-0.15, -0.1) is 0 Å². The molecule has 124 valence electrons. The van der Waals surface area contributed by atoms with Gasteiger partial charge in [0.05, 0.1) is 7.11 Å². The molecule has 0 saturated carbocycles. The van der Waals surface area contributed by atoms with Crippen molar-refractivity contribution in [2.75, 3.05) is 12.4 Å². The van der Waals surface area contributed by atoms with Gasteiger partial charge in [0.1, 0.15) is 22.9 Å². The highest BCUT2D eigenvalue weighted by atomic mass is 16.5. The van der Waals surface area contributed by atoms with Gasteiger partial charge in [-0.05, 0) is 29.7 Å². The Morgan fingerprint density at radius 2 is 2.08 bits per heavy atom. The number of anilines is 2. The maximum Gasteiger partial charge on any atom is 0.352 e. The van der Waals surface area contributed by atoms with Gasteiger partial charge in [-0.1, -0.05) is 6.07 Å². The number of carbonyl (C=O) groups is 1. The minimum Gasteiger partial charge on any atom is -0.497 e. The monoisotopic (exact) mass is 334 g/mol. The van der Waals surface area contributed by atoms with Crippen LogP contribution in [-0.4, -0.2) is 33.1 Å². The summed E-state index contributed by atoms with van der Waals surface area (Å²) in [4.78, 5) is 22.8. The number of carboxylic acids is 1. The van der Waals surface area contributed by atoms with Crippen LogP contribution < -0.4 is 10.1 Å². The van der Waals surface area contributed by atoms with Gasteiger partial charge in [0, 0.05) is 34.9 Å². The molecule has 4 aromatic rings. The first-order valence-electron chi connectivity index (χ1n) is 7.56. The highest BCUT2D eigenvalue weighted by Gasteiger charge is 2.14. The Kier molecular flexibility index (Phi) is 3.46. The lowest BCUT2D eigenvalue weighted by Gasteiger charge is -2.10. The summed E-state index contributed by atoms with van der Waals surface area (Å²) in [5, 5.41) is 14.9. The maximum atomic E-state index is 11.3. The third-order valence-corrected chi connectivity index (χ3v) is 3.95. The summed E-state index contributed by atoms with van der Waals surface area (Å²) in [6.07, 6.45) is 3.38. The average Bonchev–Trinajstić information content (AvgIpc) is 3.07. The summed E-state index contributed by atoms with van der Waals surface area (Å²) in [6.45, 7) is 0. The van der Waals surface area contributed by atoms with Gasteiger partial charge in [-0.25, -0.2) is 9.78 Å². The molecule has 4 rings (SSSR count). The number of carboxylic acid groups (broad SMARTS) is 1. The zero-order chi connectivity index (χ0) is 17.4. The quantitative estimate of drug-likeness (QED) is 0.527. The van der Waals surface area contributed by atoms with Crippen molar-refractivity contribution in [3.8, 4) is 5.75 Å². The van der Waals surface area contributed by atoms with Crippen LogP contribution in [0.1, 0.15) is 10.5 Å². The minimum absolute atomic E-state index is 0.0964. The molecule has 3 N–H and O–H groups in total. The van der Waals surface area contributed by atoms with Crippen LogP contribution in [0.2, 0.25) is 0 Å². The first-order valence-corrected chi connectivity index (χ1v) is 7.56. The molecule has 25 heavy (non-hydrogen) atoms. The largest absolute Gasteiger partial charge is 0.497 e. The molecule has 0 radical (unpaired) electrons. The predicted octanol–water partition coefficient (Wildman–Crippen LogP) is 3.56. The van der Waals surface area contributed by atoms with E-state index in [2.05, 4.69) is 20.3 Å². The van der Waals surface area contributed by atoms with Crippen LogP contribution in [0.3, 0.4) is 0 Å². The number of nitrogens with one attached hydrogen (secondary N) is 2. The zero-order valence-electron chi connectivity index (χ0n) is 13.3. The van der Waals surface area contributed by atoms with E-state index in [1.54, 1.807) is 25.6 Å². The number of H-pyrrole nitrogens is 1. The summed E-state index contributed by atoms with van der Waals surface area (Å²) >= 11 is 0. The van der Waals surface area contributed by atoms with E-state index in [4.69, 9.17) is 4.74 Å². The number of aromatic carboxylic acids is 1. The average molecular weight is 334 g/mol. The summed E-state index contributed by atoms with van der Waals surface area (Å²) in [6, 6.07) is 10.9. The third kappa shape index (κ3) is 2.61. The molecule has 1 aromatic carbocycles. The highest BCUT2D eigenvalue weighted by Crippen LogP contribution is 2.31. The molecule has 3 aromatic heterocycles. The zero-order valence-corrected chi connectivity index (χ0v) is 13.3. The topological polar surface area (TPSA) is 100 Å². The van der Waals surface area contributed by atoms with E-state index in [-0.39, 0.29) is 5.69 Å². The second-order valence-corrected chi connectivity index (χ2v) is 5.49. The number of aromatic nitrogens is 3. The Balaban J connectivity index is 1.90. The number of pyridine rings is 2.